The highest BCUT2D eigenvalue weighted by Crippen LogP contribution is 2.33. The smallest absolute Gasteiger partial charge is 0.144 e. The van der Waals surface area contributed by atoms with Gasteiger partial charge in [0.15, 0.2) is 0 Å². The van der Waals surface area contributed by atoms with Crippen molar-refractivity contribution in [3.05, 3.63) is 18.2 Å². The SMILES string of the molecule is CCCOc1cccc(N(C)CC2CCCC2)c1N. The monoisotopic (exact) mass is 262 g/mol. The van der Waals surface area contributed by atoms with E-state index in [0.717, 1.165) is 42.6 Å². The van der Waals surface area contributed by atoms with E-state index in [1.165, 1.54) is 25.7 Å². The van der Waals surface area contributed by atoms with E-state index in [-0.39, 0.29) is 0 Å². The molecule has 2 rings (SSSR count). The van der Waals surface area contributed by atoms with Crippen LogP contribution in [0.1, 0.15) is 39.0 Å². The maximum absolute atomic E-state index is 6.23. The van der Waals surface area contributed by atoms with Gasteiger partial charge >= 0.3 is 0 Å². The Labute approximate surface area is 116 Å². The second-order valence-electron chi connectivity index (χ2n) is 5.57. The van der Waals surface area contributed by atoms with Crippen molar-refractivity contribution in [2.75, 3.05) is 30.8 Å². The summed E-state index contributed by atoms with van der Waals surface area (Å²) in [5, 5.41) is 0. The predicted molar refractivity (Wildman–Crippen MR) is 81.9 cm³/mol. The Morgan fingerprint density at radius 3 is 2.74 bits per heavy atom. The van der Waals surface area contributed by atoms with Crippen LogP contribution in [0.5, 0.6) is 5.75 Å². The van der Waals surface area contributed by atoms with Gasteiger partial charge in [0.25, 0.3) is 0 Å². The number of hydrogen-bond acceptors (Lipinski definition) is 3. The molecule has 0 spiro atoms. The van der Waals surface area contributed by atoms with Crippen molar-refractivity contribution < 1.29 is 4.74 Å². The van der Waals surface area contributed by atoms with Crippen LogP contribution in [-0.2, 0) is 0 Å². The third kappa shape index (κ3) is 3.55. The second-order valence-corrected chi connectivity index (χ2v) is 5.57. The van der Waals surface area contributed by atoms with Crippen LogP contribution in [0.2, 0.25) is 0 Å². The molecule has 1 aliphatic carbocycles. The number of hydrogen-bond donors (Lipinski definition) is 1. The first-order valence-electron chi connectivity index (χ1n) is 7.44. The number of nitrogens with zero attached hydrogens (tertiary/aromatic N) is 1. The summed E-state index contributed by atoms with van der Waals surface area (Å²) in [7, 11) is 2.13. The second kappa shape index (κ2) is 6.69. The average molecular weight is 262 g/mol. The van der Waals surface area contributed by atoms with Gasteiger partial charge in [-0.25, -0.2) is 0 Å². The molecule has 19 heavy (non-hydrogen) atoms. The van der Waals surface area contributed by atoms with E-state index in [0.29, 0.717) is 0 Å². The molecule has 0 heterocycles. The lowest BCUT2D eigenvalue weighted by Crippen LogP contribution is -2.25. The molecular formula is C16H26N2O. The molecule has 0 radical (unpaired) electrons. The Bertz CT molecular complexity index is 400. The number of ether oxygens (including phenoxy) is 1. The summed E-state index contributed by atoms with van der Waals surface area (Å²) in [6.45, 7) is 3.92. The summed E-state index contributed by atoms with van der Waals surface area (Å²) in [4.78, 5) is 2.28. The number of nitrogen functional groups attached to an aromatic ring is 1. The summed E-state index contributed by atoms with van der Waals surface area (Å²) in [6, 6.07) is 6.07. The van der Waals surface area contributed by atoms with E-state index >= 15 is 0 Å². The van der Waals surface area contributed by atoms with Crippen LogP contribution in [0.15, 0.2) is 18.2 Å². The van der Waals surface area contributed by atoms with Crippen LogP contribution in [0.25, 0.3) is 0 Å². The van der Waals surface area contributed by atoms with Crippen molar-refractivity contribution in [3.63, 3.8) is 0 Å². The number of nitrogens with two attached hydrogens (primary N) is 1. The first-order chi connectivity index (χ1) is 9.22. The first-order valence-corrected chi connectivity index (χ1v) is 7.44. The maximum Gasteiger partial charge on any atom is 0.144 e. The van der Waals surface area contributed by atoms with Crippen molar-refractivity contribution in [3.8, 4) is 5.75 Å². The maximum atomic E-state index is 6.23. The largest absolute Gasteiger partial charge is 0.491 e. The zero-order valence-electron chi connectivity index (χ0n) is 12.2. The molecule has 0 aliphatic heterocycles. The van der Waals surface area contributed by atoms with E-state index in [4.69, 9.17) is 10.5 Å². The normalized spacial score (nSPS) is 15.7. The van der Waals surface area contributed by atoms with Crippen molar-refractivity contribution in [1.29, 1.82) is 0 Å². The topological polar surface area (TPSA) is 38.5 Å². The Kier molecular flexibility index (Phi) is 4.94. The van der Waals surface area contributed by atoms with Crippen LogP contribution < -0.4 is 15.4 Å². The third-order valence-electron chi connectivity index (χ3n) is 3.92. The Balaban J connectivity index is 2.05. The van der Waals surface area contributed by atoms with Crippen molar-refractivity contribution in [2.24, 2.45) is 5.92 Å². The predicted octanol–water partition coefficient (Wildman–Crippen LogP) is 3.68. The molecule has 0 unspecified atom stereocenters. The Morgan fingerprint density at radius 1 is 1.32 bits per heavy atom. The van der Waals surface area contributed by atoms with Gasteiger partial charge in [-0.1, -0.05) is 25.8 Å². The van der Waals surface area contributed by atoms with Gasteiger partial charge in [0.1, 0.15) is 5.75 Å². The highest BCUT2D eigenvalue weighted by atomic mass is 16.5. The van der Waals surface area contributed by atoms with Gasteiger partial charge in [0.05, 0.1) is 18.0 Å². The quantitative estimate of drug-likeness (QED) is 0.795. The molecule has 3 nitrogen and oxygen atoms in total. The Hall–Kier alpha value is -1.38. The van der Waals surface area contributed by atoms with Crippen molar-refractivity contribution >= 4 is 11.4 Å². The molecule has 0 amide bonds. The minimum Gasteiger partial charge on any atom is -0.491 e. The molecule has 1 aromatic carbocycles. The zero-order valence-corrected chi connectivity index (χ0v) is 12.2. The number of rotatable bonds is 6. The summed E-state index contributed by atoms with van der Waals surface area (Å²) in [5.41, 5.74) is 8.10. The lowest BCUT2D eigenvalue weighted by Gasteiger charge is -2.25. The molecule has 1 saturated carbocycles. The highest BCUT2D eigenvalue weighted by Gasteiger charge is 2.18. The zero-order chi connectivity index (χ0) is 13.7. The molecule has 1 fully saturated rings. The van der Waals surface area contributed by atoms with Gasteiger partial charge < -0.3 is 15.4 Å². The molecular weight excluding hydrogens is 236 g/mol. The fourth-order valence-corrected chi connectivity index (χ4v) is 2.88. The minimum atomic E-state index is 0.722. The summed E-state index contributed by atoms with van der Waals surface area (Å²) in [5.74, 6) is 1.64. The first kappa shape index (κ1) is 14.0. The van der Waals surface area contributed by atoms with Gasteiger partial charge in [0.2, 0.25) is 0 Å². The number of para-hydroxylation sites is 1. The van der Waals surface area contributed by atoms with E-state index in [1.54, 1.807) is 0 Å². The Morgan fingerprint density at radius 2 is 2.05 bits per heavy atom. The highest BCUT2D eigenvalue weighted by molar-refractivity contribution is 5.73. The van der Waals surface area contributed by atoms with Crippen molar-refractivity contribution in [2.45, 2.75) is 39.0 Å². The summed E-state index contributed by atoms with van der Waals surface area (Å²) < 4.78 is 5.70. The van der Waals surface area contributed by atoms with Crippen LogP contribution in [0, 0.1) is 5.92 Å². The van der Waals surface area contributed by atoms with E-state index in [1.807, 2.05) is 12.1 Å². The standard InChI is InChI=1S/C16H26N2O/c1-3-11-19-15-10-6-9-14(16(15)17)18(2)12-13-7-4-5-8-13/h6,9-10,13H,3-5,7-8,11-12,17H2,1-2H3. The summed E-state index contributed by atoms with van der Waals surface area (Å²) in [6.07, 6.45) is 6.48. The molecule has 0 atom stereocenters. The molecule has 1 aliphatic rings. The average Bonchev–Trinajstić information content (AvgIpc) is 2.90. The third-order valence-corrected chi connectivity index (χ3v) is 3.92. The van der Waals surface area contributed by atoms with Gasteiger partial charge in [-0.3, -0.25) is 0 Å². The van der Waals surface area contributed by atoms with Gasteiger partial charge in [-0.2, -0.15) is 0 Å². The van der Waals surface area contributed by atoms with Gasteiger partial charge in [-0.05, 0) is 37.3 Å². The lowest BCUT2D eigenvalue weighted by atomic mass is 10.1. The lowest BCUT2D eigenvalue weighted by molar-refractivity contribution is 0.319. The minimum absolute atomic E-state index is 0.722. The molecule has 1 aromatic rings. The van der Waals surface area contributed by atoms with E-state index < -0.39 is 0 Å². The molecule has 0 bridgehead atoms. The van der Waals surface area contributed by atoms with Crippen LogP contribution >= 0.6 is 0 Å². The van der Waals surface area contributed by atoms with Crippen molar-refractivity contribution in [1.82, 2.24) is 0 Å². The van der Waals surface area contributed by atoms with E-state index in [2.05, 4.69) is 24.9 Å². The fourth-order valence-electron chi connectivity index (χ4n) is 2.88. The van der Waals surface area contributed by atoms with Gasteiger partial charge in [0, 0.05) is 13.6 Å². The number of benzene rings is 1. The molecule has 0 aromatic heterocycles. The van der Waals surface area contributed by atoms with E-state index in [9.17, 15) is 0 Å². The molecule has 106 valence electrons. The van der Waals surface area contributed by atoms with Gasteiger partial charge in [-0.15, -0.1) is 0 Å². The number of anilines is 2. The molecule has 0 saturated heterocycles. The fraction of sp³-hybridized carbons (Fsp3) is 0.625. The van der Waals surface area contributed by atoms with Crippen LogP contribution in [0.4, 0.5) is 11.4 Å². The van der Waals surface area contributed by atoms with Crippen LogP contribution in [-0.4, -0.2) is 20.2 Å². The summed E-state index contributed by atoms with van der Waals surface area (Å²) >= 11 is 0. The molecule has 3 heteroatoms. The molecule has 2 N–H and O–H groups in total. The van der Waals surface area contributed by atoms with Crippen LogP contribution in [0.3, 0.4) is 0 Å².